The Kier molecular flexibility index (Phi) is 6.25. The second-order valence-electron chi connectivity index (χ2n) is 6.53. The summed E-state index contributed by atoms with van der Waals surface area (Å²) in [7, 11) is 0. The maximum atomic E-state index is 12.6. The standard InChI is InChI=1S/C20H24N6O/c1-3-4-7-19(17-6-5-12-21-14-17)22-20(27)13-16-8-10-18(11-9-16)26-15(2)23-24-25-26/h5-6,8-12,14,19H,3-4,7,13H2,1-2H3,(H,22,27). The molecule has 0 fully saturated rings. The normalized spacial score (nSPS) is 11.9. The van der Waals surface area contributed by atoms with Gasteiger partial charge in [-0.1, -0.05) is 38.0 Å². The third kappa shape index (κ3) is 4.97. The number of rotatable bonds is 8. The predicted octanol–water partition coefficient (Wildman–Crippen LogP) is 2.96. The molecule has 2 heterocycles. The average Bonchev–Trinajstić information content (AvgIpc) is 3.12. The van der Waals surface area contributed by atoms with Gasteiger partial charge < -0.3 is 5.32 Å². The number of nitrogens with zero attached hydrogens (tertiary/aromatic N) is 5. The molecule has 7 nitrogen and oxygen atoms in total. The summed E-state index contributed by atoms with van der Waals surface area (Å²) in [6, 6.07) is 11.6. The lowest BCUT2D eigenvalue weighted by molar-refractivity contribution is -0.121. The van der Waals surface area contributed by atoms with Crippen molar-refractivity contribution in [2.45, 2.75) is 45.6 Å². The van der Waals surface area contributed by atoms with Gasteiger partial charge in [0.15, 0.2) is 5.82 Å². The summed E-state index contributed by atoms with van der Waals surface area (Å²) in [6.45, 7) is 3.99. The van der Waals surface area contributed by atoms with Crippen LogP contribution in [0.3, 0.4) is 0 Å². The fraction of sp³-hybridized carbons (Fsp3) is 0.350. The van der Waals surface area contributed by atoms with E-state index in [-0.39, 0.29) is 11.9 Å². The molecule has 27 heavy (non-hydrogen) atoms. The molecule has 2 aromatic heterocycles. The van der Waals surface area contributed by atoms with Crippen LogP contribution in [0.15, 0.2) is 48.8 Å². The molecule has 0 saturated carbocycles. The number of hydrogen-bond acceptors (Lipinski definition) is 5. The molecule has 1 amide bonds. The van der Waals surface area contributed by atoms with Crippen molar-refractivity contribution < 1.29 is 4.79 Å². The summed E-state index contributed by atoms with van der Waals surface area (Å²) < 4.78 is 1.66. The van der Waals surface area contributed by atoms with Gasteiger partial charge in [0.1, 0.15) is 0 Å². The summed E-state index contributed by atoms with van der Waals surface area (Å²) >= 11 is 0. The number of pyridine rings is 1. The number of aromatic nitrogens is 5. The van der Waals surface area contributed by atoms with Crippen molar-refractivity contribution in [1.29, 1.82) is 0 Å². The first-order valence-electron chi connectivity index (χ1n) is 9.21. The summed E-state index contributed by atoms with van der Waals surface area (Å²) in [6.07, 6.45) is 6.95. The number of hydrogen-bond donors (Lipinski definition) is 1. The number of benzene rings is 1. The van der Waals surface area contributed by atoms with Gasteiger partial charge in [0.25, 0.3) is 0 Å². The summed E-state index contributed by atoms with van der Waals surface area (Å²) in [5.41, 5.74) is 2.86. The van der Waals surface area contributed by atoms with Gasteiger partial charge in [-0.15, -0.1) is 5.10 Å². The maximum absolute atomic E-state index is 12.6. The van der Waals surface area contributed by atoms with E-state index in [2.05, 4.69) is 32.7 Å². The van der Waals surface area contributed by atoms with Crippen molar-refractivity contribution in [3.05, 3.63) is 65.7 Å². The van der Waals surface area contributed by atoms with E-state index in [1.54, 1.807) is 10.9 Å². The highest BCUT2D eigenvalue weighted by Gasteiger charge is 2.15. The number of aryl methyl sites for hydroxylation is 1. The van der Waals surface area contributed by atoms with E-state index >= 15 is 0 Å². The molecule has 1 unspecified atom stereocenters. The number of nitrogens with one attached hydrogen (secondary N) is 1. The number of tetrazole rings is 1. The minimum Gasteiger partial charge on any atom is -0.349 e. The molecule has 0 bridgehead atoms. The van der Waals surface area contributed by atoms with Crippen molar-refractivity contribution >= 4 is 5.91 Å². The Morgan fingerprint density at radius 1 is 1.22 bits per heavy atom. The molecule has 0 aliphatic heterocycles. The lowest BCUT2D eigenvalue weighted by Gasteiger charge is -2.19. The highest BCUT2D eigenvalue weighted by atomic mass is 16.1. The SMILES string of the molecule is CCCCC(NC(=O)Cc1ccc(-n2nnnc2C)cc1)c1cccnc1. The zero-order chi connectivity index (χ0) is 19.1. The van der Waals surface area contributed by atoms with Crippen LogP contribution in [0.4, 0.5) is 0 Å². The third-order valence-corrected chi connectivity index (χ3v) is 4.44. The van der Waals surface area contributed by atoms with Crippen molar-refractivity contribution in [1.82, 2.24) is 30.5 Å². The minimum atomic E-state index is -0.00528. The maximum Gasteiger partial charge on any atom is 0.224 e. The molecule has 1 aromatic carbocycles. The summed E-state index contributed by atoms with van der Waals surface area (Å²) in [5.74, 6) is 0.724. The van der Waals surface area contributed by atoms with Gasteiger partial charge in [-0.2, -0.15) is 4.68 Å². The quantitative estimate of drug-likeness (QED) is 0.664. The van der Waals surface area contributed by atoms with Crippen LogP contribution in [0.25, 0.3) is 5.69 Å². The van der Waals surface area contributed by atoms with Gasteiger partial charge in [-0.05, 0) is 53.1 Å². The molecule has 3 rings (SSSR count). The van der Waals surface area contributed by atoms with Gasteiger partial charge in [0.2, 0.25) is 5.91 Å². The number of carbonyl (C=O) groups excluding carboxylic acids is 1. The van der Waals surface area contributed by atoms with E-state index in [1.807, 2.05) is 49.5 Å². The van der Waals surface area contributed by atoms with Crippen LogP contribution in [-0.4, -0.2) is 31.1 Å². The Morgan fingerprint density at radius 2 is 2.04 bits per heavy atom. The predicted molar refractivity (Wildman–Crippen MR) is 102 cm³/mol. The molecule has 140 valence electrons. The Hall–Kier alpha value is -3.09. The Morgan fingerprint density at radius 3 is 2.67 bits per heavy atom. The zero-order valence-corrected chi connectivity index (χ0v) is 15.7. The average molecular weight is 364 g/mol. The minimum absolute atomic E-state index is 0.00528. The van der Waals surface area contributed by atoms with Crippen LogP contribution in [0.2, 0.25) is 0 Å². The molecule has 3 aromatic rings. The molecule has 0 spiro atoms. The lowest BCUT2D eigenvalue weighted by Crippen LogP contribution is -2.30. The summed E-state index contributed by atoms with van der Waals surface area (Å²) in [5, 5.41) is 14.6. The molecule has 1 atom stereocenters. The monoisotopic (exact) mass is 364 g/mol. The number of unbranched alkanes of at least 4 members (excludes halogenated alkanes) is 1. The Labute approximate surface area is 158 Å². The van der Waals surface area contributed by atoms with Gasteiger partial charge in [0.05, 0.1) is 18.2 Å². The topological polar surface area (TPSA) is 85.6 Å². The second kappa shape index (κ2) is 9.02. The van der Waals surface area contributed by atoms with E-state index in [0.29, 0.717) is 6.42 Å². The molecule has 7 heteroatoms. The van der Waals surface area contributed by atoms with Crippen LogP contribution >= 0.6 is 0 Å². The van der Waals surface area contributed by atoms with E-state index < -0.39 is 0 Å². The third-order valence-electron chi connectivity index (χ3n) is 4.44. The van der Waals surface area contributed by atoms with Gasteiger partial charge in [0, 0.05) is 12.4 Å². The molecule has 0 radical (unpaired) electrons. The van der Waals surface area contributed by atoms with Crippen LogP contribution in [-0.2, 0) is 11.2 Å². The molecule has 0 aliphatic carbocycles. The molecule has 1 N–H and O–H groups in total. The van der Waals surface area contributed by atoms with Crippen molar-refractivity contribution in [2.24, 2.45) is 0 Å². The van der Waals surface area contributed by atoms with Crippen LogP contribution in [0.5, 0.6) is 0 Å². The molecule has 0 aliphatic rings. The van der Waals surface area contributed by atoms with E-state index in [1.165, 1.54) is 0 Å². The highest BCUT2D eigenvalue weighted by molar-refractivity contribution is 5.79. The smallest absolute Gasteiger partial charge is 0.224 e. The first kappa shape index (κ1) is 18.7. The van der Waals surface area contributed by atoms with Crippen LogP contribution < -0.4 is 5.32 Å². The number of amides is 1. The van der Waals surface area contributed by atoms with Gasteiger partial charge in [-0.3, -0.25) is 9.78 Å². The fourth-order valence-corrected chi connectivity index (χ4v) is 2.97. The molecular formula is C20H24N6O. The highest BCUT2D eigenvalue weighted by Crippen LogP contribution is 2.19. The largest absolute Gasteiger partial charge is 0.349 e. The van der Waals surface area contributed by atoms with Gasteiger partial charge >= 0.3 is 0 Å². The Bertz CT molecular complexity index is 860. The van der Waals surface area contributed by atoms with E-state index in [0.717, 1.165) is 41.9 Å². The van der Waals surface area contributed by atoms with E-state index in [9.17, 15) is 4.79 Å². The fourth-order valence-electron chi connectivity index (χ4n) is 2.97. The summed E-state index contributed by atoms with van der Waals surface area (Å²) in [4.78, 5) is 16.7. The number of carbonyl (C=O) groups is 1. The first-order valence-corrected chi connectivity index (χ1v) is 9.21. The second-order valence-corrected chi connectivity index (χ2v) is 6.53. The first-order chi connectivity index (χ1) is 13.2. The van der Waals surface area contributed by atoms with E-state index in [4.69, 9.17) is 0 Å². The van der Waals surface area contributed by atoms with Crippen LogP contribution in [0, 0.1) is 6.92 Å². The lowest BCUT2D eigenvalue weighted by atomic mass is 10.0. The molecule has 0 saturated heterocycles. The van der Waals surface area contributed by atoms with Crippen molar-refractivity contribution in [3.8, 4) is 5.69 Å². The Balaban J connectivity index is 1.64. The molecular weight excluding hydrogens is 340 g/mol. The zero-order valence-electron chi connectivity index (χ0n) is 15.7. The van der Waals surface area contributed by atoms with Crippen molar-refractivity contribution in [2.75, 3.05) is 0 Å². The van der Waals surface area contributed by atoms with Gasteiger partial charge in [-0.25, -0.2) is 0 Å². The van der Waals surface area contributed by atoms with Crippen molar-refractivity contribution in [3.63, 3.8) is 0 Å². The van der Waals surface area contributed by atoms with Crippen LogP contribution in [0.1, 0.15) is 49.2 Å².